The van der Waals surface area contributed by atoms with Gasteiger partial charge in [0, 0.05) is 24.8 Å². The first kappa shape index (κ1) is 16.4. The van der Waals surface area contributed by atoms with Crippen LogP contribution in [0.5, 0.6) is 0 Å². The molecule has 2 aliphatic rings. The lowest BCUT2D eigenvalue weighted by atomic mass is 10.1. The predicted molar refractivity (Wildman–Crippen MR) is 79.2 cm³/mol. The minimum Gasteiger partial charge on any atom is -0.480 e. The lowest BCUT2D eigenvalue weighted by Crippen LogP contribution is -2.45. The smallest absolute Gasteiger partial charge is 0.326 e. The summed E-state index contributed by atoms with van der Waals surface area (Å²) in [6, 6.07) is 2.21. The topological polar surface area (TPSA) is 77.9 Å². The average Bonchev–Trinajstić information content (AvgIpc) is 3.16. The molecule has 3 rings (SSSR count). The van der Waals surface area contributed by atoms with E-state index in [-0.39, 0.29) is 18.7 Å². The van der Waals surface area contributed by atoms with Gasteiger partial charge >= 0.3 is 5.97 Å². The number of rotatable bonds is 3. The summed E-state index contributed by atoms with van der Waals surface area (Å²) in [5, 5.41) is 9.16. The first-order valence-corrected chi connectivity index (χ1v) is 7.70. The Kier molecular flexibility index (Phi) is 4.21. The Morgan fingerprint density at radius 1 is 1.12 bits per heavy atom. The first-order valence-electron chi connectivity index (χ1n) is 7.70. The maximum Gasteiger partial charge on any atom is 0.326 e. The van der Waals surface area contributed by atoms with Gasteiger partial charge in [-0.05, 0) is 31.4 Å². The van der Waals surface area contributed by atoms with Crippen molar-refractivity contribution in [1.82, 2.24) is 4.90 Å². The fraction of sp³-hybridized carbons (Fsp3) is 0.438. The number of likely N-dealkylation sites (tertiary alicyclic amines) is 1. The molecule has 2 aliphatic heterocycles. The Hall–Kier alpha value is -2.51. The van der Waals surface area contributed by atoms with E-state index in [4.69, 9.17) is 5.11 Å². The number of benzene rings is 1. The highest BCUT2D eigenvalue weighted by Gasteiger charge is 2.44. The van der Waals surface area contributed by atoms with Crippen LogP contribution in [0.25, 0.3) is 0 Å². The molecule has 1 aromatic carbocycles. The van der Waals surface area contributed by atoms with Crippen LogP contribution in [0.15, 0.2) is 18.2 Å². The Morgan fingerprint density at radius 2 is 1.88 bits per heavy atom. The molecular formula is C16H16F2N2O4. The molecule has 1 N–H and O–H groups in total. The average molecular weight is 338 g/mol. The van der Waals surface area contributed by atoms with Crippen LogP contribution in [-0.4, -0.2) is 46.9 Å². The Morgan fingerprint density at radius 3 is 2.54 bits per heavy atom. The van der Waals surface area contributed by atoms with Gasteiger partial charge in [-0.25, -0.2) is 13.6 Å². The molecule has 24 heavy (non-hydrogen) atoms. The Balaban J connectivity index is 1.77. The molecule has 128 valence electrons. The van der Waals surface area contributed by atoms with Crippen LogP contribution in [-0.2, 0) is 14.4 Å². The number of carboxylic acid groups (broad SMARTS) is 1. The minimum atomic E-state index is -1.08. The molecule has 1 aromatic rings. The van der Waals surface area contributed by atoms with E-state index >= 15 is 0 Å². The molecule has 0 radical (unpaired) electrons. The van der Waals surface area contributed by atoms with Gasteiger partial charge in [0.25, 0.3) is 0 Å². The van der Waals surface area contributed by atoms with Crippen LogP contribution in [0.4, 0.5) is 14.5 Å². The zero-order valence-electron chi connectivity index (χ0n) is 12.7. The van der Waals surface area contributed by atoms with Crippen molar-refractivity contribution in [2.24, 2.45) is 5.92 Å². The van der Waals surface area contributed by atoms with Crippen molar-refractivity contribution in [3.05, 3.63) is 29.8 Å². The second kappa shape index (κ2) is 6.18. The van der Waals surface area contributed by atoms with Crippen molar-refractivity contribution < 1.29 is 28.3 Å². The largest absolute Gasteiger partial charge is 0.480 e. The molecule has 0 bridgehead atoms. The van der Waals surface area contributed by atoms with Crippen molar-refractivity contribution in [2.75, 3.05) is 18.0 Å². The van der Waals surface area contributed by atoms with Crippen LogP contribution >= 0.6 is 0 Å². The van der Waals surface area contributed by atoms with Crippen molar-refractivity contribution in [1.29, 1.82) is 0 Å². The number of amides is 2. The Bertz CT molecular complexity index is 709. The molecule has 0 saturated carbocycles. The number of carbonyl (C=O) groups excluding carboxylic acids is 2. The normalized spacial score (nSPS) is 23.8. The standard InChI is InChI=1S/C16H16F2N2O4/c17-11-4-3-9(8-12(11)18)19-7-5-10(14(19)21)15(22)20-6-1-2-13(20)16(23)24/h3-4,8,10,13H,1-2,5-7H2,(H,23,24)/t10-,13-/m0/s1. The van der Waals surface area contributed by atoms with Gasteiger partial charge in [0.1, 0.15) is 12.0 Å². The van der Waals surface area contributed by atoms with Crippen molar-refractivity contribution in [3.8, 4) is 0 Å². The molecular weight excluding hydrogens is 322 g/mol. The van der Waals surface area contributed by atoms with Gasteiger partial charge in [-0.3, -0.25) is 9.59 Å². The summed E-state index contributed by atoms with van der Waals surface area (Å²) in [4.78, 5) is 38.7. The lowest BCUT2D eigenvalue weighted by molar-refractivity contribution is -0.151. The highest BCUT2D eigenvalue weighted by atomic mass is 19.2. The van der Waals surface area contributed by atoms with E-state index in [1.165, 1.54) is 15.9 Å². The van der Waals surface area contributed by atoms with E-state index in [1.807, 2.05) is 0 Å². The summed E-state index contributed by atoms with van der Waals surface area (Å²) in [5.41, 5.74) is 0.186. The highest BCUT2D eigenvalue weighted by molar-refractivity contribution is 6.10. The van der Waals surface area contributed by atoms with Crippen LogP contribution in [0.1, 0.15) is 19.3 Å². The number of hydrogen-bond acceptors (Lipinski definition) is 3. The number of halogens is 2. The number of anilines is 1. The maximum atomic E-state index is 13.3. The number of aliphatic carboxylic acids is 1. The number of nitrogens with zero attached hydrogens (tertiary/aromatic N) is 2. The molecule has 0 aromatic heterocycles. The molecule has 2 fully saturated rings. The van der Waals surface area contributed by atoms with Crippen molar-refractivity contribution >= 4 is 23.5 Å². The zero-order valence-corrected chi connectivity index (χ0v) is 12.7. The summed E-state index contributed by atoms with van der Waals surface area (Å²) in [6.45, 7) is 0.511. The van der Waals surface area contributed by atoms with Gasteiger partial charge in [0.2, 0.25) is 11.8 Å². The Labute approximate surface area is 136 Å². The third-order valence-electron chi connectivity index (χ3n) is 4.54. The van der Waals surface area contributed by atoms with E-state index in [1.54, 1.807) is 0 Å². The monoisotopic (exact) mass is 338 g/mol. The second-order valence-electron chi connectivity index (χ2n) is 5.96. The summed E-state index contributed by atoms with van der Waals surface area (Å²) in [6.07, 6.45) is 1.17. The maximum absolute atomic E-state index is 13.3. The van der Waals surface area contributed by atoms with E-state index < -0.39 is 41.4 Å². The predicted octanol–water partition coefficient (Wildman–Crippen LogP) is 1.39. The quantitative estimate of drug-likeness (QED) is 0.845. The summed E-state index contributed by atoms with van der Waals surface area (Å²) in [5.74, 6) is -5.15. The van der Waals surface area contributed by atoms with Crippen molar-refractivity contribution in [3.63, 3.8) is 0 Å². The second-order valence-corrected chi connectivity index (χ2v) is 5.96. The fourth-order valence-electron chi connectivity index (χ4n) is 3.31. The summed E-state index contributed by atoms with van der Waals surface area (Å²) >= 11 is 0. The molecule has 6 nitrogen and oxygen atoms in total. The molecule has 2 saturated heterocycles. The third kappa shape index (κ3) is 2.72. The van der Waals surface area contributed by atoms with Crippen LogP contribution in [0.3, 0.4) is 0 Å². The molecule has 0 unspecified atom stereocenters. The first-order chi connectivity index (χ1) is 11.4. The zero-order chi connectivity index (χ0) is 17.4. The molecule has 2 atom stereocenters. The third-order valence-corrected chi connectivity index (χ3v) is 4.54. The number of carboxylic acids is 1. The summed E-state index contributed by atoms with van der Waals surface area (Å²) in [7, 11) is 0. The lowest BCUT2D eigenvalue weighted by Gasteiger charge is -2.24. The van der Waals surface area contributed by atoms with Crippen LogP contribution in [0.2, 0.25) is 0 Å². The van der Waals surface area contributed by atoms with Gasteiger partial charge in [-0.1, -0.05) is 0 Å². The van der Waals surface area contributed by atoms with E-state index in [9.17, 15) is 23.2 Å². The minimum absolute atomic E-state index is 0.186. The van der Waals surface area contributed by atoms with Crippen molar-refractivity contribution in [2.45, 2.75) is 25.3 Å². The molecule has 8 heteroatoms. The van der Waals surface area contributed by atoms with Gasteiger partial charge < -0.3 is 14.9 Å². The fourth-order valence-corrected chi connectivity index (χ4v) is 3.31. The van der Waals surface area contributed by atoms with E-state index in [2.05, 4.69) is 0 Å². The van der Waals surface area contributed by atoms with Crippen LogP contribution < -0.4 is 4.90 Å². The highest BCUT2D eigenvalue weighted by Crippen LogP contribution is 2.29. The molecule has 2 amide bonds. The number of hydrogen-bond donors (Lipinski definition) is 1. The van der Waals surface area contributed by atoms with E-state index in [0.717, 1.165) is 12.1 Å². The molecule has 0 spiro atoms. The summed E-state index contributed by atoms with van der Waals surface area (Å²) < 4.78 is 26.4. The SMILES string of the molecule is O=C(O)[C@@H]1CCCN1C(=O)[C@H]1CCN(c2ccc(F)c(F)c2)C1=O. The van der Waals surface area contributed by atoms with Gasteiger partial charge in [-0.15, -0.1) is 0 Å². The van der Waals surface area contributed by atoms with E-state index in [0.29, 0.717) is 19.4 Å². The molecule has 2 heterocycles. The van der Waals surface area contributed by atoms with Gasteiger partial charge in [-0.2, -0.15) is 0 Å². The van der Waals surface area contributed by atoms with Gasteiger partial charge in [0.15, 0.2) is 11.6 Å². The van der Waals surface area contributed by atoms with Crippen LogP contribution in [0, 0.1) is 17.6 Å². The molecule has 0 aliphatic carbocycles. The number of carbonyl (C=O) groups is 3. The van der Waals surface area contributed by atoms with Gasteiger partial charge in [0.05, 0.1) is 0 Å².